The lowest BCUT2D eigenvalue weighted by molar-refractivity contribution is 1.06. The molecule has 0 radical (unpaired) electrons. The Hall–Kier alpha value is -1.05. The summed E-state index contributed by atoms with van der Waals surface area (Å²) in [5.74, 6) is 0.917. The van der Waals surface area contributed by atoms with Gasteiger partial charge in [0.2, 0.25) is 0 Å². The number of allylic oxidation sites excluding steroid dienone is 2. The van der Waals surface area contributed by atoms with Gasteiger partial charge in [-0.2, -0.15) is 0 Å². The molecule has 0 unspecified atom stereocenters. The Morgan fingerprint density at radius 3 is 2.67 bits per heavy atom. The molecule has 1 aliphatic rings. The lowest BCUT2D eigenvalue weighted by Crippen LogP contribution is -2.20. The quantitative estimate of drug-likeness (QED) is 0.516. The predicted molar refractivity (Wildman–Crippen MR) is 39.1 cm³/mol. The molecule has 0 aromatic heterocycles. The van der Waals surface area contributed by atoms with Crippen LogP contribution in [0, 0.1) is 0 Å². The van der Waals surface area contributed by atoms with Crippen molar-refractivity contribution in [2.24, 2.45) is 4.99 Å². The van der Waals surface area contributed by atoms with Crippen LogP contribution in [0.2, 0.25) is 0 Å². The Bertz CT molecular complexity index is 179. The maximum Gasteiger partial charge on any atom is 0.103 e. The summed E-state index contributed by atoms with van der Waals surface area (Å²) in [7, 11) is 0. The van der Waals surface area contributed by atoms with E-state index >= 15 is 0 Å². The molecule has 0 spiro atoms. The number of nitrogens with zero attached hydrogens (tertiary/aromatic N) is 1. The van der Waals surface area contributed by atoms with E-state index in [2.05, 4.69) is 16.9 Å². The molecule has 9 heavy (non-hydrogen) atoms. The van der Waals surface area contributed by atoms with E-state index < -0.39 is 0 Å². The van der Waals surface area contributed by atoms with Crippen molar-refractivity contribution in [2.45, 2.75) is 13.8 Å². The third-order valence-corrected chi connectivity index (χ3v) is 1.07. The molecule has 1 aliphatic heterocycles. The molecule has 0 fully saturated rings. The molecule has 0 aliphatic carbocycles. The number of hydrogen-bond acceptors (Lipinski definition) is 2. The van der Waals surface area contributed by atoms with Crippen LogP contribution in [-0.2, 0) is 0 Å². The van der Waals surface area contributed by atoms with E-state index in [0.717, 1.165) is 17.2 Å². The molecule has 0 amide bonds. The van der Waals surface area contributed by atoms with E-state index in [1.807, 2.05) is 19.9 Å². The summed E-state index contributed by atoms with van der Waals surface area (Å²) in [5.41, 5.74) is 1.93. The van der Waals surface area contributed by atoms with Crippen LogP contribution in [0.15, 0.2) is 29.0 Å². The minimum absolute atomic E-state index is 0.823. The number of nitrogens with one attached hydrogen (secondary N) is 1. The van der Waals surface area contributed by atoms with Crippen LogP contribution in [0.4, 0.5) is 0 Å². The van der Waals surface area contributed by atoms with E-state index in [-0.39, 0.29) is 0 Å². The second-order valence-electron chi connectivity index (χ2n) is 2.14. The number of aliphatic imine (C=N–C) groups is 1. The van der Waals surface area contributed by atoms with Crippen molar-refractivity contribution < 1.29 is 0 Å². The minimum Gasteiger partial charge on any atom is -0.348 e. The first-order valence-corrected chi connectivity index (χ1v) is 2.88. The fraction of sp³-hybridized carbons (Fsp3) is 0.286. The van der Waals surface area contributed by atoms with Crippen molar-refractivity contribution >= 4 is 5.84 Å². The van der Waals surface area contributed by atoms with Crippen LogP contribution in [0.1, 0.15) is 13.8 Å². The summed E-state index contributed by atoms with van der Waals surface area (Å²) in [4.78, 5) is 4.07. The van der Waals surface area contributed by atoms with Crippen LogP contribution in [0.3, 0.4) is 0 Å². The number of rotatable bonds is 0. The second-order valence-corrected chi connectivity index (χ2v) is 2.14. The van der Waals surface area contributed by atoms with Crippen LogP contribution >= 0.6 is 0 Å². The Morgan fingerprint density at radius 2 is 2.22 bits per heavy atom. The molecule has 1 N–H and O–H groups in total. The SMILES string of the molecule is C=C1C=C(C)NC(C)=N1. The zero-order valence-electron chi connectivity index (χ0n) is 5.73. The standard InChI is InChI=1S/C7H10N2/c1-5-4-6(2)9-7(3)8-5/h4H,1H2,2-3H3,(H,8,9). The van der Waals surface area contributed by atoms with Gasteiger partial charge in [0.15, 0.2) is 0 Å². The molecule has 0 bridgehead atoms. The summed E-state index contributed by atoms with van der Waals surface area (Å²) in [5, 5.41) is 3.06. The molecule has 0 aromatic rings. The third kappa shape index (κ3) is 1.42. The average Bonchev–Trinajstić information content (AvgIpc) is 1.59. The molecule has 2 heteroatoms. The average molecular weight is 122 g/mol. The molecule has 0 saturated carbocycles. The molecule has 0 atom stereocenters. The van der Waals surface area contributed by atoms with Crippen molar-refractivity contribution in [2.75, 3.05) is 0 Å². The highest BCUT2D eigenvalue weighted by atomic mass is 15.0. The number of hydrogen-bond donors (Lipinski definition) is 1. The lowest BCUT2D eigenvalue weighted by Gasteiger charge is -2.10. The Labute approximate surface area is 55.0 Å². The molecule has 2 nitrogen and oxygen atoms in total. The predicted octanol–water partition coefficient (Wildman–Crippen LogP) is 1.43. The highest BCUT2D eigenvalue weighted by Crippen LogP contribution is 2.04. The largest absolute Gasteiger partial charge is 0.348 e. The van der Waals surface area contributed by atoms with Crippen molar-refractivity contribution in [3.63, 3.8) is 0 Å². The second kappa shape index (κ2) is 2.05. The molecular formula is C7H10N2. The van der Waals surface area contributed by atoms with Gasteiger partial charge in [0.25, 0.3) is 0 Å². The first kappa shape index (κ1) is 6.08. The van der Waals surface area contributed by atoms with Crippen LogP contribution in [-0.4, -0.2) is 5.84 Å². The summed E-state index contributed by atoms with van der Waals surface area (Å²) >= 11 is 0. The van der Waals surface area contributed by atoms with Gasteiger partial charge in [-0.05, 0) is 19.9 Å². The van der Waals surface area contributed by atoms with Gasteiger partial charge in [0, 0.05) is 5.70 Å². The highest BCUT2D eigenvalue weighted by molar-refractivity contribution is 5.83. The van der Waals surface area contributed by atoms with Gasteiger partial charge in [-0.15, -0.1) is 0 Å². The van der Waals surface area contributed by atoms with Gasteiger partial charge in [-0.1, -0.05) is 6.58 Å². The highest BCUT2D eigenvalue weighted by Gasteiger charge is 1.98. The Kier molecular flexibility index (Phi) is 1.39. The van der Waals surface area contributed by atoms with E-state index in [1.54, 1.807) is 0 Å². The third-order valence-electron chi connectivity index (χ3n) is 1.07. The van der Waals surface area contributed by atoms with E-state index in [4.69, 9.17) is 0 Å². The fourth-order valence-electron chi connectivity index (χ4n) is 0.847. The van der Waals surface area contributed by atoms with Crippen molar-refractivity contribution in [1.82, 2.24) is 5.32 Å². The zero-order valence-corrected chi connectivity index (χ0v) is 5.73. The Balaban J connectivity index is 2.81. The van der Waals surface area contributed by atoms with Gasteiger partial charge in [-0.3, -0.25) is 0 Å². The van der Waals surface area contributed by atoms with Crippen LogP contribution in [0.5, 0.6) is 0 Å². The lowest BCUT2D eigenvalue weighted by atomic mass is 10.3. The topological polar surface area (TPSA) is 24.4 Å². The van der Waals surface area contributed by atoms with E-state index in [0.29, 0.717) is 0 Å². The monoisotopic (exact) mass is 122 g/mol. The summed E-state index contributed by atoms with van der Waals surface area (Å²) in [6.45, 7) is 7.62. The van der Waals surface area contributed by atoms with E-state index in [9.17, 15) is 0 Å². The molecular weight excluding hydrogens is 112 g/mol. The maximum absolute atomic E-state index is 4.07. The molecule has 0 aromatic carbocycles. The molecule has 1 heterocycles. The van der Waals surface area contributed by atoms with Gasteiger partial charge in [0.05, 0.1) is 5.70 Å². The maximum atomic E-state index is 4.07. The van der Waals surface area contributed by atoms with Crippen molar-refractivity contribution in [1.29, 1.82) is 0 Å². The Morgan fingerprint density at radius 1 is 1.56 bits per heavy atom. The first-order chi connectivity index (χ1) is 4.18. The first-order valence-electron chi connectivity index (χ1n) is 2.88. The van der Waals surface area contributed by atoms with Crippen LogP contribution < -0.4 is 5.32 Å². The molecule has 1 rings (SSSR count). The van der Waals surface area contributed by atoms with Crippen molar-refractivity contribution in [3.8, 4) is 0 Å². The summed E-state index contributed by atoms with van der Waals surface area (Å²) in [6, 6.07) is 0. The van der Waals surface area contributed by atoms with Gasteiger partial charge in [0.1, 0.15) is 5.84 Å². The van der Waals surface area contributed by atoms with Crippen LogP contribution in [0.25, 0.3) is 0 Å². The van der Waals surface area contributed by atoms with Gasteiger partial charge in [-0.25, -0.2) is 4.99 Å². The zero-order chi connectivity index (χ0) is 6.85. The summed E-state index contributed by atoms with van der Waals surface area (Å²) in [6.07, 6.45) is 1.91. The molecule has 0 saturated heterocycles. The summed E-state index contributed by atoms with van der Waals surface area (Å²) < 4.78 is 0. The normalized spacial score (nSPS) is 18.2. The fourth-order valence-corrected chi connectivity index (χ4v) is 0.847. The number of amidine groups is 1. The van der Waals surface area contributed by atoms with Crippen molar-refractivity contribution in [3.05, 3.63) is 24.0 Å². The smallest absolute Gasteiger partial charge is 0.103 e. The van der Waals surface area contributed by atoms with Gasteiger partial charge >= 0.3 is 0 Å². The minimum atomic E-state index is 0.823. The molecule has 48 valence electrons. The van der Waals surface area contributed by atoms with E-state index in [1.165, 1.54) is 0 Å². The van der Waals surface area contributed by atoms with Gasteiger partial charge < -0.3 is 5.32 Å².